The van der Waals surface area contributed by atoms with Crippen LogP contribution < -0.4 is 0 Å². The molecule has 0 fully saturated rings. The smallest absolute Gasteiger partial charge is 0.160 e. The number of aromatic nitrogens is 3. The van der Waals surface area contributed by atoms with Crippen LogP contribution in [0.2, 0.25) is 0 Å². The average Bonchev–Trinajstić information content (AvgIpc) is 3.74. The van der Waals surface area contributed by atoms with Crippen LogP contribution in [-0.2, 0) is 0 Å². The summed E-state index contributed by atoms with van der Waals surface area (Å²) in [5.41, 5.74) is 9.56. The van der Waals surface area contributed by atoms with E-state index in [1.165, 1.54) is 41.6 Å². The minimum atomic E-state index is 0.715. The molecule has 0 bridgehead atoms. The first-order chi connectivity index (χ1) is 22.8. The summed E-state index contributed by atoms with van der Waals surface area (Å²) in [5.74, 6) is 0.715. The number of para-hydroxylation sites is 1. The molecule has 0 saturated heterocycles. The Morgan fingerprint density at radius 1 is 0.413 bits per heavy atom. The lowest BCUT2D eigenvalue weighted by Crippen LogP contribution is -1.96. The summed E-state index contributed by atoms with van der Waals surface area (Å²) >= 11 is 3.58. The molecule has 6 aromatic carbocycles. The van der Waals surface area contributed by atoms with Crippen LogP contribution in [0, 0.1) is 0 Å². The second-order valence-electron chi connectivity index (χ2n) is 11.2. The lowest BCUT2D eigenvalue weighted by molar-refractivity contribution is 1.19. The van der Waals surface area contributed by atoms with Crippen molar-refractivity contribution in [1.82, 2.24) is 15.0 Å². The van der Waals surface area contributed by atoms with Crippen molar-refractivity contribution < 1.29 is 0 Å². The molecule has 0 unspecified atom stereocenters. The normalized spacial score (nSPS) is 11.5. The van der Waals surface area contributed by atoms with Gasteiger partial charge in [0.15, 0.2) is 5.82 Å². The van der Waals surface area contributed by atoms with Gasteiger partial charge in [-0.15, -0.1) is 22.7 Å². The lowest BCUT2D eigenvalue weighted by Gasteiger charge is -2.11. The molecule has 9 aromatic rings. The van der Waals surface area contributed by atoms with E-state index in [9.17, 15) is 0 Å². The van der Waals surface area contributed by atoms with Gasteiger partial charge in [0.1, 0.15) is 5.01 Å². The molecule has 216 valence electrons. The molecule has 0 aliphatic rings. The Kier molecular flexibility index (Phi) is 6.51. The standard InChI is InChI=1S/C41H25N3S2/c1-3-11-26(12-4-1)27-21-23-28(24-22-27)34-25-35(43-40(42-34)29-13-5-2-6-14-29)30-15-10-20-37-38(30)31-16-9-17-32(39(31)45-37)41-44-33-18-7-8-19-36(33)46-41/h1-25H. The summed E-state index contributed by atoms with van der Waals surface area (Å²) in [6, 6.07) is 53.0. The average molecular weight is 624 g/mol. The first-order valence-electron chi connectivity index (χ1n) is 15.2. The molecule has 0 N–H and O–H groups in total. The Morgan fingerprint density at radius 3 is 1.85 bits per heavy atom. The molecule has 0 spiro atoms. The van der Waals surface area contributed by atoms with Crippen LogP contribution in [0.25, 0.3) is 86.0 Å². The van der Waals surface area contributed by atoms with Gasteiger partial charge in [-0.25, -0.2) is 15.0 Å². The third-order valence-corrected chi connectivity index (χ3v) is 10.6. The molecule has 0 aliphatic heterocycles. The maximum Gasteiger partial charge on any atom is 0.160 e. The Morgan fingerprint density at radius 2 is 1.04 bits per heavy atom. The largest absolute Gasteiger partial charge is 0.236 e. The topological polar surface area (TPSA) is 38.7 Å². The van der Waals surface area contributed by atoms with Crippen molar-refractivity contribution in [2.24, 2.45) is 0 Å². The zero-order valence-corrected chi connectivity index (χ0v) is 26.2. The maximum absolute atomic E-state index is 5.19. The third-order valence-electron chi connectivity index (χ3n) is 8.37. The quantitative estimate of drug-likeness (QED) is 0.191. The summed E-state index contributed by atoms with van der Waals surface area (Å²) < 4.78 is 3.68. The minimum Gasteiger partial charge on any atom is -0.236 e. The summed E-state index contributed by atoms with van der Waals surface area (Å²) in [7, 11) is 0. The van der Waals surface area contributed by atoms with Gasteiger partial charge in [-0.1, -0.05) is 127 Å². The molecule has 0 radical (unpaired) electrons. The number of rotatable bonds is 5. The fraction of sp³-hybridized carbons (Fsp3) is 0. The van der Waals surface area contributed by atoms with E-state index in [1.807, 2.05) is 35.6 Å². The van der Waals surface area contributed by atoms with Crippen LogP contribution >= 0.6 is 22.7 Å². The SMILES string of the molecule is c1ccc(-c2ccc(-c3cc(-c4cccc5sc6c(-c7nc8ccccc8s7)cccc6c45)nc(-c4ccccc4)n3)cc2)cc1. The summed E-state index contributed by atoms with van der Waals surface area (Å²) in [5, 5.41) is 3.49. The Hall–Kier alpha value is -5.49. The van der Waals surface area contributed by atoms with Gasteiger partial charge in [-0.2, -0.15) is 0 Å². The van der Waals surface area contributed by atoms with Crippen LogP contribution in [-0.4, -0.2) is 15.0 Å². The minimum absolute atomic E-state index is 0.715. The number of thiazole rings is 1. The molecule has 0 atom stereocenters. The summed E-state index contributed by atoms with van der Waals surface area (Å²) in [6.45, 7) is 0. The van der Waals surface area contributed by atoms with Gasteiger partial charge in [-0.05, 0) is 35.4 Å². The Bertz CT molecular complexity index is 2480. The van der Waals surface area contributed by atoms with Crippen molar-refractivity contribution in [3.63, 3.8) is 0 Å². The number of thiophene rings is 1. The van der Waals surface area contributed by atoms with Crippen molar-refractivity contribution in [1.29, 1.82) is 0 Å². The second kappa shape index (κ2) is 11.1. The molecule has 9 rings (SSSR count). The number of fused-ring (bicyclic) bond motifs is 4. The van der Waals surface area contributed by atoms with Crippen molar-refractivity contribution in [2.75, 3.05) is 0 Å². The van der Waals surface area contributed by atoms with Gasteiger partial charge in [0.05, 0.1) is 21.6 Å². The second-order valence-corrected chi connectivity index (χ2v) is 13.3. The van der Waals surface area contributed by atoms with Crippen molar-refractivity contribution in [3.05, 3.63) is 152 Å². The van der Waals surface area contributed by atoms with E-state index < -0.39 is 0 Å². The number of hydrogen-bond donors (Lipinski definition) is 0. The fourth-order valence-electron chi connectivity index (χ4n) is 6.13. The van der Waals surface area contributed by atoms with Crippen molar-refractivity contribution in [3.8, 4) is 55.6 Å². The van der Waals surface area contributed by atoms with E-state index in [0.29, 0.717) is 5.82 Å². The Labute approximate surface area is 274 Å². The van der Waals surface area contributed by atoms with E-state index >= 15 is 0 Å². The number of hydrogen-bond acceptors (Lipinski definition) is 5. The van der Waals surface area contributed by atoms with Gasteiger partial charge >= 0.3 is 0 Å². The molecule has 3 nitrogen and oxygen atoms in total. The van der Waals surface area contributed by atoms with E-state index in [-0.39, 0.29) is 0 Å². The molecule has 0 saturated carbocycles. The van der Waals surface area contributed by atoms with Gasteiger partial charge in [0.2, 0.25) is 0 Å². The van der Waals surface area contributed by atoms with Crippen LogP contribution in [0.3, 0.4) is 0 Å². The summed E-state index contributed by atoms with van der Waals surface area (Å²) in [4.78, 5) is 15.3. The first kappa shape index (κ1) is 26.9. The van der Waals surface area contributed by atoms with Crippen LogP contribution in [0.1, 0.15) is 0 Å². The predicted molar refractivity (Wildman–Crippen MR) is 195 cm³/mol. The van der Waals surface area contributed by atoms with Gasteiger partial charge in [0.25, 0.3) is 0 Å². The molecule has 46 heavy (non-hydrogen) atoms. The first-order valence-corrected chi connectivity index (χ1v) is 16.8. The zero-order chi connectivity index (χ0) is 30.5. The molecule has 3 aromatic heterocycles. The van der Waals surface area contributed by atoms with E-state index in [1.54, 1.807) is 11.3 Å². The van der Waals surface area contributed by atoms with Gasteiger partial charge < -0.3 is 0 Å². The highest BCUT2D eigenvalue weighted by Crippen LogP contribution is 2.45. The molecular weight excluding hydrogens is 599 g/mol. The van der Waals surface area contributed by atoms with E-state index in [4.69, 9.17) is 15.0 Å². The monoisotopic (exact) mass is 623 g/mol. The van der Waals surface area contributed by atoms with E-state index in [2.05, 4.69) is 127 Å². The number of benzene rings is 6. The Balaban J connectivity index is 1.23. The highest BCUT2D eigenvalue weighted by molar-refractivity contribution is 7.27. The van der Waals surface area contributed by atoms with Gasteiger partial charge in [0, 0.05) is 42.4 Å². The van der Waals surface area contributed by atoms with Gasteiger partial charge in [-0.3, -0.25) is 0 Å². The van der Waals surface area contributed by atoms with Crippen LogP contribution in [0.4, 0.5) is 0 Å². The molecule has 3 heterocycles. The fourth-order valence-corrected chi connectivity index (χ4v) is 8.44. The maximum atomic E-state index is 5.19. The predicted octanol–water partition coefficient (Wildman–Crippen LogP) is 11.8. The van der Waals surface area contributed by atoms with Crippen molar-refractivity contribution in [2.45, 2.75) is 0 Å². The molecule has 5 heteroatoms. The number of nitrogens with zero attached hydrogens (tertiary/aromatic N) is 3. The highest BCUT2D eigenvalue weighted by Gasteiger charge is 2.18. The molecule has 0 aliphatic carbocycles. The van der Waals surface area contributed by atoms with Crippen LogP contribution in [0.5, 0.6) is 0 Å². The lowest BCUT2D eigenvalue weighted by atomic mass is 9.99. The molecular formula is C41H25N3S2. The third kappa shape index (κ3) is 4.69. The van der Waals surface area contributed by atoms with Crippen LogP contribution in [0.15, 0.2) is 152 Å². The van der Waals surface area contributed by atoms with Crippen molar-refractivity contribution >= 4 is 53.1 Å². The highest BCUT2D eigenvalue weighted by atomic mass is 32.1. The zero-order valence-electron chi connectivity index (χ0n) is 24.6. The van der Waals surface area contributed by atoms with E-state index in [0.717, 1.165) is 38.6 Å². The summed E-state index contributed by atoms with van der Waals surface area (Å²) in [6.07, 6.45) is 0. The molecule has 0 amide bonds.